The first-order valence-electron chi connectivity index (χ1n) is 3.26. The minimum Gasteiger partial charge on any atom is -0.369 e. The van der Waals surface area contributed by atoms with E-state index in [1.54, 1.807) is 0 Å². The molecule has 2 N–H and O–H groups in total. The number of allylic oxidation sites excluding steroid dienone is 2. The van der Waals surface area contributed by atoms with Gasteiger partial charge in [0.15, 0.2) is 0 Å². The Hall–Kier alpha value is -0.790. The normalized spacial score (nSPS) is 44.7. The van der Waals surface area contributed by atoms with Gasteiger partial charge in [-0.25, -0.2) is 0 Å². The van der Waals surface area contributed by atoms with Crippen LogP contribution in [0.4, 0.5) is 0 Å². The number of amides is 1. The van der Waals surface area contributed by atoms with Gasteiger partial charge in [-0.15, -0.1) is 0 Å². The summed E-state index contributed by atoms with van der Waals surface area (Å²) in [7, 11) is 0. The molecule has 2 aliphatic rings. The molecule has 1 amide bonds. The van der Waals surface area contributed by atoms with Crippen molar-refractivity contribution >= 4 is 5.91 Å². The fraction of sp³-hybridized carbons (Fsp3) is 0.571. The zero-order valence-corrected chi connectivity index (χ0v) is 5.08. The molecule has 0 aliphatic heterocycles. The molecule has 2 aliphatic carbocycles. The van der Waals surface area contributed by atoms with Crippen molar-refractivity contribution in [3.8, 4) is 0 Å². The number of carbonyl (C=O) groups excluding carboxylic acids is 1. The lowest BCUT2D eigenvalue weighted by molar-refractivity contribution is -0.119. The Bertz CT molecular complexity index is 185. The first-order valence-corrected chi connectivity index (χ1v) is 3.26. The first-order chi connectivity index (χ1) is 4.30. The van der Waals surface area contributed by atoms with Crippen molar-refractivity contribution in [2.45, 2.75) is 6.42 Å². The molecule has 3 atom stereocenters. The van der Waals surface area contributed by atoms with E-state index in [9.17, 15) is 4.79 Å². The van der Waals surface area contributed by atoms with Gasteiger partial charge in [-0.3, -0.25) is 4.79 Å². The highest BCUT2D eigenvalue weighted by atomic mass is 16.1. The van der Waals surface area contributed by atoms with Gasteiger partial charge in [0, 0.05) is 5.92 Å². The van der Waals surface area contributed by atoms with Gasteiger partial charge in [0.2, 0.25) is 5.91 Å². The number of fused-ring (bicyclic) bond motifs is 1. The largest absolute Gasteiger partial charge is 0.369 e. The second kappa shape index (κ2) is 1.38. The molecule has 2 rings (SSSR count). The molecule has 2 nitrogen and oxygen atoms in total. The molecule has 1 fully saturated rings. The van der Waals surface area contributed by atoms with Crippen molar-refractivity contribution in [2.24, 2.45) is 23.5 Å². The number of primary amides is 1. The van der Waals surface area contributed by atoms with E-state index in [0.29, 0.717) is 11.8 Å². The predicted molar refractivity (Wildman–Crippen MR) is 33.4 cm³/mol. The molecular formula is C7H9NO. The maximum atomic E-state index is 10.6. The van der Waals surface area contributed by atoms with Crippen LogP contribution in [0.3, 0.4) is 0 Å². The Labute approximate surface area is 53.7 Å². The number of nitrogens with two attached hydrogens (primary N) is 1. The van der Waals surface area contributed by atoms with Crippen molar-refractivity contribution in [2.75, 3.05) is 0 Å². The molecular weight excluding hydrogens is 114 g/mol. The van der Waals surface area contributed by atoms with E-state index in [1.165, 1.54) is 0 Å². The number of carbonyl (C=O) groups is 1. The van der Waals surface area contributed by atoms with E-state index in [2.05, 4.69) is 12.2 Å². The minimum atomic E-state index is -0.116. The standard InChI is InChI=1S/C7H9NO/c8-7(9)6-4-2-1-3-5(4)6/h1-2,4-6H,3H2,(H2,8,9)/t4-,5+,6-/m1/s1. The SMILES string of the molecule is NC(=O)[C@@H]1[C@@H]2C=CC[C@@H]21. The van der Waals surface area contributed by atoms with E-state index >= 15 is 0 Å². The summed E-state index contributed by atoms with van der Waals surface area (Å²) in [4.78, 5) is 10.6. The maximum Gasteiger partial charge on any atom is 0.221 e. The fourth-order valence-electron chi connectivity index (χ4n) is 1.76. The van der Waals surface area contributed by atoms with E-state index in [1.807, 2.05) is 0 Å². The van der Waals surface area contributed by atoms with Crippen LogP contribution in [0.2, 0.25) is 0 Å². The zero-order valence-electron chi connectivity index (χ0n) is 5.08. The second-order valence-corrected chi connectivity index (χ2v) is 2.83. The monoisotopic (exact) mass is 123 g/mol. The molecule has 0 spiro atoms. The van der Waals surface area contributed by atoms with E-state index < -0.39 is 0 Å². The molecule has 1 saturated carbocycles. The maximum absolute atomic E-state index is 10.6. The quantitative estimate of drug-likeness (QED) is 0.500. The lowest BCUT2D eigenvalue weighted by Gasteiger charge is -1.89. The topological polar surface area (TPSA) is 43.1 Å². The van der Waals surface area contributed by atoms with Crippen LogP contribution in [0, 0.1) is 17.8 Å². The van der Waals surface area contributed by atoms with Crippen molar-refractivity contribution in [3.63, 3.8) is 0 Å². The van der Waals surface area contributed by atoms with E-state index in [4.69, 9.17) is 5.73 Å². The molecule has 0 unspecified atom stereocenters. The minimum absolute atomic E-state index is 0.116. The first kappa shape index (κ1) is 5.03. The Balaban J connectivity index is 2.10. The van der Waals surface area contributed by atoms with Crippen LogP contribution in [0.5, 0.6) is 0 Å². The van der Waals surface area contributed by atoms with Gasteiger partial charge >= 0.3 is 0 Å². The fourth-order valence-corrected chi connectivity index (χ4v) is 1.76. The lowest BCUT2D eigenvalue weighted by Crippen LogP contribution is -2.15. The van der Waals surface area contributed by atoms with Crippen LogP contribution in [0.15, 0.2) is 12.2 Å². The van der Waals surface area contributed by atoms with Crippen LogP contribution >= 0.6 is 0 Å². The number of hydrogen-bond acceptors (Lipinski definition) is 1. The summed E-state index contributed by atoms with van der Waals surface area (Å²) >= 11 is 0. The third-order valence-corrected chi connectivity index (χ3v) is 2.32. The van der Waals surface area contributed by atoms with Crippen LogP contribution in [0.25, 0.3) is 0 Å². The van der Waals surface area contributed by atoms with Gasteiger partial charge in [-0.05, 0) is 18.3 Å². The molecule has 0 radical (unpaired) electrons. The third kappa shape index (κ3) is 0.530. The van der Waals surface area contributed by atoms with Crippen LogP contribution < -0.4 is 5.73 Å². The number of hydrogen-bond donors (Lipinski definition) is 1. The van der Waals surface area contributed by atoms with Crippen molar-refractivity contribution in [1.82, 2.24) is 0 Å². The number of rotatable bonds is 1. The van der Waals surface area contributed by atoms with Gasteiger partial charge in [0.1, 0.15) is 0 Å². The summed E-state index contributed by atoms with van der Waals surface area (Å²) in [5.41, 5.74) is 5.12. The second-order valence-electron chi connectivity index (χ2n) is 2.83. The molecule has 0 aromatic rings. The van der Waals surface area contributed by atoms with Crippen molar-refractivity contribution < 1.29 is 4.79 Å². The van der Waals surface area contributed by atoms with E-state index in [0.717, 1.165) is 6.42 Å². The van der Waals surface area contributed by atoms with Gasteiger partial charge in [-0.2, -0.15) is 0 Å². The van der Waals surface area contributed by atoms with Crippen LogP contribution in [0.1, 0.15) is 6.42 Å². The summed E-state index contributed by atoms with van der Waals surface area (Å²) in [6.07, 6.45) is 5.31. The molecule has 0 aromatic heterocycles. The lowest BCUT2D eigenvalue weighted by atomic mass is 10.2. The Morgan fingerprint density at radius 2 is 2.44 bits per heavy atom. The van der Waals surface area contributed by atoms with Gasteiger partial charge in [0.05, 0.1) is 0 Å². The highest BCUT2D eigenvalue weighted by molar-refractivity contribution is 5.81. The summed E-state index contributed by atoms with van der Waals surface area (Å²) in [6.45, 7) is 0. The molecule has 9 heavy (non-hydrogen) atoms. The summed E-state index contributed by atoms with van der Waals surface area (Å²) in [5, 5.41) is 0. The van der Waals surface area contributed by atoms with E-state index in [-0.39, 0.29) is 11.8 Å². The molecule has 0 aromatic carbocycles. The molecule has 0 saturated heterocycles. The highest BCUT2D eigenvalue weighted by Crippen LogP contribution is 2.53. The third-order valence-electron chi connectivity index (χ3n) is 2.32. The van der Waals surface area contributed by atoms with Crippen LogP contribution in [-0.2, 0) is 4.79 Å². The van der Waals surface area contributed by atoms with Crippen molar-refractivity contribution in [1.29, 1.82) is 0 Å². The van der Waals surface area contributed by atoms with Crippen molar-refractivity contribution in [3.05, 3.63) is 12.2 Å². The Kier molecular flexibility index (Phi) is 0.770. The van der Waals surface area contributed by atoms with Gasteiger partial charge in [0.25, 0.3) is 0 Å². The van der Waals surface area contributed by atoms with Gasteiger partial charge < -0.3 is 5.73 Å². The summed E-state index contributed by atoms with van der Waals surface area (Å²) in [6, 6.07) is 0. The molecule has 48 valence electrons. The zero-order chi connectivity index (χ0) is 6.43. The summed E-state index contributed by atoms with van der Waals surface area (Å²) in [5.74, 6) is 1.18. The average molecular weight is 123 g/mol. The van der Waals surface area contributed by atoms with Crippen LogP contribution in [-0.4, -0.2) is 5.91 Å². The summed E-state index contributed by atoms with van der Waals surface area (Å²) < 4.78 is 0. The molecule has 0 heterocycles. The smallest absolute Gasteiger partial charge is 0.221 e. The Morgan fingerprint density at radius 3 is 2.78 bits per heavy atom. The Morgan fingerprint density at radius 1 is 1.67 bits per heavy atom. The molecule has 0 bridgehead atoms. The average Bonchev–Trinajstić information content (AvgIpc) is 2.30. The van der Waals surface area contributed by atoms with Gasteiger partial charge in [-0.1, -0.05) is 12.2 Å². The highest BCUT2D eigenvalue weighted by Gasteiger charge is 2.53. The molecule has 2 heteroatoms. The predicted octanol–water partition coefficient (Wildman–Crippen LogP) is 0.294.